The molecule has 1 fully saturated rings. The first-order valence-electron chi connectivity index (χ1n) is 6.88. The van der Waals surface area contributed by atoms with Crippen molar-refractivity contribution in [1.29, 1.82) is 0 Å². The average molecular weight is 268 g/mol. The highest BCUT2D eigenvalue weighted by molar-refractivity contribution is 6.32. The molecule has 0 aliphatic heterocycles. The highest BCUT2D eigenvalue weighted by Gasteiger charge is 2.23. The average Bonchev–Trinajstić information content (AvgIpc) is 2.41. The molecule has 0 heterocycles. The van der Waals surface area contributed by atoms with Crippen molar-refractivity contribution in [1.82, 2.24) is 0 Å². The molecule has 0 bridgehead atoms. The van der Waals surface area contributed by atoms with Crippen molar-refractivity contribution in [3.63, 3.8) is 0 Å². The van der Waals surface area contributed by atoms with Crippen molar-refractivity contribution in [2.45, 2.75) is 51.7 Å². The fourth-order valence-corrected chi connectivity index (χ4v) is 2.97. The minimum absolute atomic E-state index is 0.300. The molecule has 0 saturated heterocycles. The number of nitrogens with two attached hydrogens (primary N) is 1. The van der Waals surface area contributed by atoms with Gasteiger partial charge in [-0.05, 0) is 31.2 Å². The Hall–Kier alpha value is -0.730. The van der Waals surface area contributed by atoms with Gasteiger partial charge in [0.25, 0.3) is 0 Å². The molecule has 1 saturated carbocycles. The van der Waals surface area contributed by atoms with Gasteiger partial charge in [-0.15, -0.1) is 0 Å². The molecular formula is C15H22ClNO. The maximum Gasteiger partial charge on any atom is 0.142 e. The Balaban J connectivity index is 2.09. The zero-order valence-corrected chi connectivity index (χ0v) is 11.7. The Kier molecular flexibility index (Phi) is 4.90. The number of hydrogen-bond acceptors (Lipinski definition) is 2. The second-order valence-electron chi connectivity index (χ2n) is 5.11. The maximum atomic E-state index is 6.22. The molecule has 1 aromatic carbocycles. The minimum Gasteiger partial charge on any atom is -0.489 e. The van der Waals surface area contributed by atoms with Gasteiger partial charge in [-0.3, -0.25) is 0 Å². The van der Waals surface area contributed by atoms with Gasteiger partial charge in [-0.2, -0.15) is 0 Å². The van der Waals surface area contributed by atoms with Crippen molar-refractivity contribution in [3.05, 3.63) is 28.8 Å². The first-order chi connectivity index (χ1) is 8.74. The van der Waals surface area contributed by atoms with E-state index >= 15 is 0 Å². The molecule has 0 spiro atoms. The Morgan fingerprint density at radius 3 is 2.94 bits per heavy atom. The number of ether oxygens (including phenoxy) is 1. The quantitative estimate of drug-likeness (QED) is 0.890. The highest BCUT2D eigenvalue weighted by atomic mass is 35.5. The second-order valence-corrected chi connectivity index (χ2v) is 5.52. The molecule has 2 N–H and O–H groups in total. The highest BCUT2D eigenvalue weighted by Crippen LogP contribution is 2.34. The lowest BCUT2D eigenvalue weighted by atomic mass is 9.85. The van der Waals surface area contributed by atoms with E-state index in [4.69, 9.17) is 22.1 Å². The van der Waals surface area contributed by atoms with Gasteiger partial charge in [0.15, 0.2) is 0 Å². The van der Waals surface area contributed by atoms with E-state index in [1.807, 2.05) is 18.2 Å². The zero-order valence-electron chi connectivity index (χ0n) is 11.0. The van der Waals surface area contributed by atoms with E-state index in [0.29, 0.717) is 17.7 Å². The molecule has 2 nitrogen and oxygen atoms in total. The summed E-state index contributed by atoms with van der Waals surface area (Å²) >= 11 is 6.22. The van der Waals surface area contributed by atoms with Gasteiger partial charge in [0.1, 0.15) is 5.75 Å². The van der Waals surface area contributed by atoms with Crippen molar-refractivity contribution < 1.29 is 4.74 Å². The van der Waals surface area contributed by atoms with E-state index in [9.17, 15) is 0 Å². The Morgan fingerprint density at radius 2 is 2.22 bits per heavy atom. The SMILES string of the molecule is CCC1CCCC(Oc2c(Cl)cccc2CN)C1. The molecule has 0 radical (unpaired) electrons. The molecule has 2 unspecified atom stereocenters. The Bertz CT molecular complexity index is 394. The summed E-state index contributed by atoms with van der Waals surface area (Å²) in [7, 11) is 0. The molecule has 0 amide bonds. The Labute approximate surface area is 114 Å². The summed E-state index contributed by atoms with van der Waals surface area (Å²) < 4.78 is 6.13. The first kappa shape index (κ1) is 13.7. The second kappa shape index (κ2) is 6.44. The Morgan fingerprint density at radius 1 is 1.39 bits per heavy atom. The summed E-state index contributed by atoms with van der Waals surface area (Å²) in [5.74, 6) is 1.59. The van der Waals surface area contributed by atoms with Crippen LogP contribution in [0.5, 0.6) is 5.75 Å². The van der Waals surface area contributed by atoms with E-state index in [-0.39, 0.29) is 0 Å². The molecule has 1 aromatic rings. The van der Waals surface area contributed by atoms with Crippen molar-refractivity contribution in [2.24, 2.45) is 11.7 Å². The summed E-state index contributed by atoms with van der Waals surface area (Å²) in [5, 5.41) is 0.677. The lowest BCUT2D eigenvalue weighted by Gasteiger charge is -2.29. The van der Waals surface area contributed by atoms with Crippen molar-refractivity contribution in [2.75, 3.05) is 0 Å². The van der Waals surface area contributed by atoms with Crippen LogP contribution in [0.25, 0.3) is 0 Å². The van der Waals surface area contributed by atoms with E-state index < -0.39 is 0 Å². The standard InChI is InChI=1S/C15H22ClNO/c1-2-11-5-3-7-13(9-11)18-15-12(10-17)6-4-8-14(15)16/h4,6,8,11,13H,2-3,5,7,9-10,17H2,1H3. The summed E-state index contributed by atoms with van der Waals surface area (Å²) in [6, 6.07) is 5.78. The van der Waals surface area contributed by atoms with Crippen LogP contribution in [0.1, 0.15) is 44.6 Å². The summed E-state index contributed by atoms with van der Waals surface area (Å²) in [4.78, 5) is 0. The molecule has 3 heteroatoms. The van der Waals surface area contributed by atoms with Gasteiger partial charge >= 0.3 is 0 Å². The van der Waals surface area contributed by atoms with Gasteiger partial charge in [0.05, 0.1) is 11.1 Å². The third kappa shape index (κ3) is 3.18. The molecule has 2 atom stereocenters. The third-order valence-corrected chi connectivity index (χ3v) is 4.16. The minimum atomic E-state index is 0.300. The topological polar surface area (TPSA) is 35.2 Å². The lowest BCUT2D eigenvalue weighted by Crippen LogP contribution is -2.25. The van der Waals surface area contributed by atoms with Crippen LogP contribution in [-0.2, 0) is 6.54 Å². The summed E-state index contributed by atoms with van der Waals surface area (Å²) in [6.45, 7) is 2.73. The monoisotopic (exact) mass is 267 g/mol. The molecule has 1 aliphatic carbocycles. The number of benzene rings is 1. The van der Waals surface area contributed by atoms with E-state index in [2.05, 4.69) is 6.92 Å². The zero-order chi connectivity index (χ0) is 13.0. The molecular weight excluding hydrogens is 246 g/mol. The predicted octanol–water partition coefficient (Wildman–Crippen LogP) is 4.15. The van der Waals surface area contributed by atoms with Gasteiger partial charge in [-0.1, -0.05) is 43.5 Å². The van der Waals surface area contributed by atoms with E-state index in [1.165, 1.54) is 19.3 Å². The van der Waals surface area contributed by atoms with Crippen molar-refractivity contribution in [3.8, 4) is 5.75 Å². The maximum absolute atomic E-state index is 6.22. The van der Waals surface area contributed by atoms with Crippen LogP contribution in [0, 0.1) is 5.92 Å². The van der Waals surface area contributed by atoms with Gasteiger partial charge in [0.2, 0.25) is 0 Å². The fourth-order valence-electron chi connectivity index (χ4n) is 2.73. The lowest BCUT2D eigenvalue weighted by molar-refractivity contribution is 0.121. The van der Waals surface area contributed by atoms with Gasteiger partial charge < -0.3 is 10.5 Å². The first-order valence-corrected chi connectivity index (χ1v) is 7.26. The molecule has 100 valence electrons. The number of para-hydroxylation sites is 1. The van der Waals surface area contributed by atoms with Crippen LogP contribution in [0.15, 0.2) is 18.2 Å². The van der Waals surface area contributed by atoms with Crippen LogP contribution in [0.4, 0.5) is 0 Å². The third-order valence-electron chi connectivity index (χ3n) is 3.87. The van der Waals surface area contributed by atoms with E-state index in [0.717, 1.165) is 30.1 Å². The van der Waals surface area contributed by atoms with Crippen LogP contribution >= 0.6 is 11.6 Å². The van der Waals surface area contributed by atoms with Crippen LogP contribution in [0.3, 0.4) is 0 Å². The molecule has 18 heavy (non-hydrogen) atoms. The van der Waals surface area contributed by atoms with Gasteiger partial charge in [-0.25, -0.2) is 0 Å². The van der Waals surface area contributed by atoms with Crippen LogP contribution in [0.2, 0.25) is 5.02 Å². The van der Waals surface area contributed by atoms with Gasteiger partial charge in [0, 0.05) is 12.1 Å². The molecule has 0 aromatic heterocycles. The largest absolute Gasteiger partial charge is 0.489 e. The number of halogens is 1. The van der Waals surface area contributed by atoms with Crippen LogP contribution < -0.4 is 10.5 Å². The molecule has 1 aliphatic rings. The number of rotatable bonds is 4. The predicted molar refractivity (Wildman–Crippen MR) is 76.0 cm³/mol. The fraction of sp³-hybridized carbons (Fsp3) is 0.600. The van der Waals surface area contributed by atoms with E-state index in [1.54, 1.807) is 0 Å². The summed E-state index contributed by atoms with van der Waals surface area (Å²) in [6.07, 6.45) is 6.41. The van der Waals surface area contributed by atoms with Crippen molar-refractivity contribution >= 4 is 11.6 Å². The molecule has 2 rings (SSSR count). The number of hydrogen-bond donors (Lipinski definition) is 1. The normalized spacial score (nSPS) is 23.9. The van der Waals surface area contributed by atoms with Crippen LogP contribution in [-0.4, -0.2) is 6.10 Å². The smallest absolute Gasteiger partial charge is 0.142 e. The summed E-state index contributed by atoms with van der Waals surface area (Å²) in [5.41, 5.74) is 6.74.